The van der Waals surface area contributed by atoms with Crippen LogP contribution in [0, 0.1) is 24.5 Å². The van der Waals surface area contributed by atoms with Gasteiger partial charge in [-0.1, -0.05) is 44.2 Å². The zero-order valence-electron chi connectivity index (χ0n) is 11.6. The molecule has 0 heterocycles. The van der Waals surface area contributed by atoms with Crippen LogP contribution in [-0.2, 0) is 0 Å². The predicted octanol–water partition coefficient (Wildman–Crippen LogP) is 4.63. The van der Waals surface area contributed by atoms with Gasteiger partial charge in [0.05, 0.1) is 0 Å². The van der Waals surface area contributed by atoms with E-state index in [-0.39, 0.29) is 12.0 Å². The topological polar surface area (TPSA) is 26.0 Å². The molecule has 2 rings (SSSR count). The number of hydrogen-bond donors (Lipinski definition) is 1. The summed E-state index contributed by atoms with van der Waals surface area (Å²) >= 11 is 0. The summed E-state index contributed by atoms with van der Waals surface area (Å²) in [5.74, 6) is -1.23. The van der Waals surface area contributed by atoms with E-state index < -0.39 is 11.6 Å². The Hall–Kier alpha value is -0.960. The lowest BCUT2D eigenvalue weighted by Gasteiger charge is -2.26. The van der Waals surface area contributed by atoms with Gasteiger partial charge in [-0.3, -0.25) is 0 Å². The summed E-state index contributed by atoms with van der Waals surface area (Å²) in [7, 11) is 0. The SMILES string of the molecule is Cc1ccc(C(N)C2CCCCCCC2)c(F)c1F. The lowest BCUT2D eigenvalue weighted by atomic mass is 9.83. The molecule has 2 N–H and O–H groups in total. The Morgan fingerprint density at radius 1 is 1.00 bits per heavy atom. The predicted molar refractivity (Wildman–Crippen MR) is 73.8 cm³/mol. The van der Waals surface area contributed by atoms with Crippen molar-refractivity contribution in [3.63, 3.8) is 0 Å². The molecule has 0 radical (unpaired) electrons. The van der Waals surface area contributed by atoms with Crippen LogP contribution in [-0.4, -0.2) is 0 Å². The Labute approximate surface area is 114 Å². The third kappa shape index (κ3) is 3.33. The molecule has 0 amide bonds. The first-order valence-electron chi connectivity index (χ1n) is 7.31. The van der Waals surface area contributed by atoms with Crippen LogP contribution in [0.3, 0.4) is 0 Å². The van der Waals surface area contributed by atoms with E-state index in [0.717, 1.165) is 25.7 Å². The summed E-state index contributed by atoms with van der Waals surface area (Å²) in [4.78, 5) is 0. The Bertz CT molecular complexity index is 423. The second-order valence-electron chi connectivity index (χ2n) is 5.73. The number of benzene rings is 1. The third-order valence-corrected chi connectivity index (χ3v) is 4.32. The van der Waals surface area contributed by atoms with E-state index >= 15 is 0 Å². The van der Waals surface area contributed by atoms with E-state index in [1.165, 1.54) is 19.3 Å². The molecule has 3 heteroatoms. The highest BCUT2D eigenvalue weighted by molar-refractivity contribution is 5.28. The van der Waals surface area contributed by atoms with Gasteiger partial charge in [-0.25, -0.2) is 8.78 Å². The maximum absolute atomic E-state index is 14.0. The molecule has 1 aromatic rings. The fourth-order valence-corrected chi connectivity index (χ4v) is 3.02. The Morgan fingerprint density at radius 2 is 1.58 bits per heavy atom. The number of nitrogens with two attached hydrogens (primary N) is 1. The molecule has 1 aromatic carbocycles. The number of aryl methyl sites for hydroxylation is 1. The minimum absolute atomic E-state index is 0.275. The molecule has 0 aromatic heterocycles. The Morgan fingerprint density at radius 3 is 2.21 bits per heavy atom. The first kappa shape index (κ1) is 14.4. The Kier molecular flexibility index (Phi) is 4.92. The van der Waals surface area contributed by atoms with Crippen molar-refractivity contribution in [1.29, 1.82) is 0 Å². The van der Waals surface area contributed by atoms with Gasteiger partial charge in [-0.2, -0.15) is 0 Å². The van der Waals surface area contributed by atoms with Crippen LogP contribution < -0.4 is 5.73 Å². The molecule has 0 bridgehead atoms. The third-order valence-electron chi connectivity index (χ3n) is 4.32. The molecule has 1 saturated carbocycles. The van der Waals surface area contributed by atoms with Gasteiger partial charge in [0.25, 0.3) is 0 Å². The quantitative estimate of drug-likeness (QED) is 0.830. The van der Waals surface area contributed by atoms with E-state index in [2.05, 4.69) is 0 Å². The van der Waals surface area contributed by atoms with Crippen LogP contribution in [0.2, 0.25) is 0 Å². The van der Waals surface area contributed by atoms with Gasteiger partial charge < -0.3 is 5.73 Å². The fraction of sp³-hybridized carbons (Fsp3) is 0.625. The number of halogens is 2. The molecule has 1 unspecified atom stereocenters. The maximum atomic E-state index is 14.0. The van der Waals surface area contributed by atoms with Crippen molar-refractivity contribution in [2.75, 3.05) is 0 Å². The van der Waals surface area contributed by atoms with Crippen molar-refractivity contribution in [3.05, 3.63) is 34.9 Å². The van der Waals surface area contributed by atoms with Crippen LogP contribution in [0.1, 0.15) is 62.1 Å². The van der Waals surface area contributed by atoms with Crippen molar-refractivity contribution in [2.45, 2.75) is 57.9 Å². The van der Waals surface area contributed by atoms with Gasteiger partial charge in [-0.05, 0) is 31.2 Å². The van der Waals surface area contributed by atoms with Crippen LogP contribution in [0.25, 0.3) is 0 Å². The molecule has 19 heavy (non-hydrogen) atoms. The fourth-order valence-electron chi connectivity index (χ4n) is 3.02. The zero-order valence-corrected chi connectivity index (χ0v) is 11.6. The highest BCUT2D eigenvalue weighted by atomic mass is 19.2. The molecule has 0 spiro atoms. The maximum Gasteiger partial charge on any atom is 0.163 e. The van der Waals surface area contributed by atoms with Gasteiger partial charge in [0.15, 0.2) is 11.6 Å². The minimum Gasteiger partial charge on any atom is -0.324 e. The van der Waals surface area contributed by atoms with Crippen LogP contribution >= 0.6 is 0 Å². The molecular formula is C16H23F2N. The van der Waals surface area contributed by atoms with Gasteiger partial charge in [-0.15, -0.1) is 0 Å². The molecule has 1 nitrogen and oxygen atoms in total. The summed E-state index contributed by atoms with van der Waals surface area (Å²) in [6.07, 6.45) is 8.09. The summed E-state index contributed by atoms with van der Waals surface area (Å²) in [6, 6.07) is 2.89. The normalized spacial score (nSPS) is 19.8. The van der Waals surface area contributed by atoms with E-state index in [4.69, 9.17) is 5.73 Å². The second kappa shape index (κ2) is 6.47. The van der Waals surface area contributed by atoms with E-state index in [9.17, 15) is 8.78 Å². The monoisotopic (exact) mass is 267 g/mol. The molecule has 0 saturated heterocycles. The molecule has 1 aliphatic carbocycles. The van der Waals surface area contributed by atoms with E-state index in [1.807, 2.05) is 0 Å². The van der Waals surface area contributed by atoms with Crippen LogP contribution in [0.5, 0.6) is 0 Å². The average molecular weight is 267 g/mol. The van der Waals surface area contributed by atoms with Gasteiger partial charge in [0.1, 0.15) is 0 Å². The first-order valence-corrected chi connectivity index (χ1v) is 7.31. The van der Waals surface area contributed by atoms with Gasteiger partial charge in [0, 0.05) is 11.6 Å². The second-order valence-corrected chi connectivity index (χ2v) is 5.73. The van der Waals surface area contributed by atoms with E-state index in [0.29, 0.717) is 11.1 Å². The van der Waals surface area contributed by atoms with Gasteiger partial charge >= 0.3 is 0 Å². The lowest BCUT2D eigenvalue weighted by molar-refractivity contribution is 0.320. The number of hydrogen-bond acceptors (Lipinski definition) is 1. The molecule has 1 fully saturated rings. The zero-order chi connectivity index (χ0) is 13.8. The highest BCUT2D eigenvalue weighted by Gasteiger charge is 2.24. The van der Waals surface area contributed by atoms with Crippen LogP contribution in [0.15, 0.2) is 12.1 Å². The summed E-state index contributed by atoms with van der Waals surface area (Å²) in [5, 5.41) is 0. The standard InChI is InChI=1S/C16H23F2N/c1-11-9-10-13(15(18)14(11)17)16(19)12-7-5-3-2-4-6-8-12/h9-10,12,16H,2-8,19H2,1H3. The molecule has 0 aliphatic heterocycles. The average Bonchev–Trinajstić information content (AvgIpc) is 2.35. The van der Waals surface area contributed by atoms with Gasteiger partial charge in [0.2, 0.25) is 0 Å². The van der Waals surface area contributed by atoms with Crippen molar-refractivity contribution in [3.8, 4) is 0 Å². The molecule has 1 aliphatic rings. The lowest BCUT2D eigenvalue weighted by Crippen LogP contribution is -2.24. The molecular weight excluding hydrogens is 244 g/mol. The van der Waals surface area contributed by atoms with Crippen molar-refractivity contribution in [2.24, 2.45) is 11.7 Å². The van der Waals surface area contributed by atoms with Crippen LogP contribution in [0.4, 0.5) is 8.78 Å². The summed E-state index contributed by atoms with van der Waals surface area (Å²) in [6.45, 7) is 1.57. The summed E-state index contributed by atoms with van der Waals surface area (Å²) in [5.41, 5.74) is 6.88. The number of rotatable bonds is 2. The molecule has 106 valence electrons. The van der Waals surface area contributed by atoms with E-state index in [1.54, 1.807) is 19.1 Å². The highest BCUT2D eigenvalue weighted by Crippen LogP contribution is 2.33. The first-order chi connectivity index (χ1) is 9.11. The largest absolute Gasteiger partial charge is 0.324 e. The molecule has 1 atom stereocenters. The van der Waals surface area contributed by atoms with Crippen molar-refractivity contribution >= 4 is 0 Å². The Balaban J connectivity index is 2.17. The smallest absolute Gasteiger partial charge is 0.163 e. The minimum atomic E-state index is -0.755. The summed E-state index contributed by atoms with van der Waals surface area (Å²) < 4.78 is 27.6. The van der Waals surface area contributed by atoms with Crippen molar-refractivity contribution in [1.82, 2.24) is 0 Å². The van der Waals surface area contributed by atoms with Crippen molar-refractivity contribution < 1.29 is 8.78 Å².